The van der Waals surface area contributed by atoms with Crippen LogP contribution in [-0.4, -0.2) is 39.9 Å². The van der Waals surface area contributed by atoms with E-state index in [1.807, 2.05) is 0 Å². The van der Waals surface area contributed by atoms with Crippen molar-refractivity contribution in [3.63, 3.8) is 0 Å². The molecule has 11 heteroatoms. The number of carbonyl (C=O) groups excluding carboxylic acids is 2. The summed E-state index contributed by atoms with van der Waals surface area (Å²) in [7, 11) is 0. The molecule has 0 saturated heterocycles. The highest BCUT2D eigenvalue weighted by Gasteiger charge is 2.28. The summed E-state index contributed by atoms with van der Waals surface area (Å²) in [6.45, 7) is 1.15. The molecule has 2 amide bonds. The molecule has 0 heterocycles. The number of aliphatic carboxylic acids is 1. The van der Waals surface area contributed by atoms with Crippen LogP contribution in [-0.2, 0) is 27.2 Å². The van der Waals surface area contributed by atoms with E-state index < -0.39 is 52.1 Å². The molecule has 3 N–H and O–H groups in total. The van der Waals surface area contributed by atoms with Crippen LogP contribution in [0.3, 0.4) is 0 Å². The number of hydrogen-bond donors (Lipinski definition) is 3. The molecule has 0 fully saturated rings. The number of nitrogens with one attached hydrogen (secondary N) is 2. The normalized spacial score (nSPS) is 12.5. The van der Waals surface area contributed by atoms with Gasteiger partial charge in [-0.2, -0.15) is 4.39 Å². The molecule has 2 aromatic rings. The minimum atomic E-state index is -1.53. The van der Waals surface area contributed by atoms with Crippen molar-refractivity contribution in [2.45, 2.75) is 31.8 Å². The van der Waals surface area contributed by atoms with E-state index in [0.717, 1.165) is 25.1 Å². The van der Waals surface area contributed by atoms with E-state index in [1.165, 1.54) is 18.2 Å². The Labute approximate surface area is 175 Å². The average Bonchev–Trinajstić information content (AvgIpc) is 2.69. The number of nitro benzene ring substituents is 1. The van der Waals surface area contributed by atoms with E-state index in [0.29, 0.717) is 0 Å². The van der Waals surface area contributed by atoms with Gasteiger partial charge in [-0.05, 0) is 23.3 Å². The Hall–Kier alpha value is -3.89. The Morgan fingerprint density at radius 2 is 1.71 bits per heavy atom. The van der Waals surface area contributed by atoms with Gasteiger partial charge in [0.25, 0.3) is 0 Å². The molecule has 164 valence electrons. The number of carbonyl (C=O) groups is 3. The predicted octanol–water partition coefficient (Wildman–Crippen LogP) is 1.73. The smallest absolute Gasteiger partial charge is 0.326 e. The second-order valence-electron chi connectivity index (χ2n) is 6.70. The Morgan fingerprint density at radius 1 is 1.03 bits per heavy atom. The van der Waals surface area contributed by atoms with E-state index in [2.05, 4.69) is 10.6 Å². The lowest BCUT2D eigenvalue weighted by Gasteiger charge is -2.21. The van der Waals surface area contributed by atoms with Crippen molar-refractivity contribution in [1.29, 1.82) is 0 Å². The van der Waals surface area contributed by atoms with Crippen molar-refractivity contribution in [3.05, 3.63) is 75.3 Å². The molecule has 31 heavy (non-hydrogen) atoms. The van der Waals surface area contributed by atoms with Gasteiger partial charge < -0.3 is 15.7 Å². The van der Waals surface area contributed by atoms with Crippen LogP contribution in [0.25, 0.3) is 0 Å². The molecule has 9 nitrogen and oxygen atoms in total. The van der Waals surface area contributed by atoms with Crippen molar-refractivity contribution in [2.24, 2.45) is 0 Å². The second-order valence-corrected chi connectivity index (χ2v) is 6.70. The predicted molar refractivity (Wildman–Crippen MR) is 104 cm³/mol. The van der Waals surface area contributed by atoms with Gasteiger partial charge in [-0.1, -0.05) is 24.3 Å². The molecule has 2 rings (SSSR count). The first kappa shape index (κ1) is 23.4. The third-order valence-corrected chi connectivity index (χ3v) is 4.34. The summed E-state index contributed by atoms with van der Waals surface area (Å²) < 4.78 is 27.4. The molecule has 0 radical (unpaired) electrons. The summed E-state index contributed by atoms with van der Waals surface area (Å²) in [5, 5.41) is 24.9. The lowest BCUT2D eigenvalue weighted by molar-refractivity contribution is -0.387. The largest absolute Gasteiger partial charge is 0.480 e. The van der Waals surface area contributed by atoms with E-state index >= 15 is 0 Å². The van der Waals surface area contributed by atoms with Crippen molar-refractivity contribution in [3.8, 4) is 0 Å². The summed E-state index contributed by atoms with van der Waals surface area (Å²) in [6.07, 6.45) is -0.610. The van der Waals surface area contributed by atoms with Crippen LogP contribution in [0, 0.1) is 21.7 Å². The molecule has 0 aliphatic carbocycles. The lowest BCUT2D eigenvalue weighted by atomic mass is 10.0. The first-order valence-electron chi connectivity index (χ1n) is 9.05. The number of rotatable bonds is 9. The van der Waals surface area contributed by atoms with Crippen LogP contribution >= 0.6 is 0 Å². The summed E-state index contributed by atoms with van der Waals surface area (Å²) in [5.74, 6) is -4.60. The Morgan fingerprint density at radius 3 is 2.29 bits per heavy atom. The average molecular weight is 435 g/mol. The highest BCUT2D eigenvalue weighted by molar-refractivity contribution is 5.90. The molecule has 0 unspecified atom stereocenters. The van der Waals surface area contributed by atoms with Gasteiger partial charge in [-0.25, -0.2) is 9.18 Å². The highest BCUT2D eigenvalue weighted by Crippen LogP contribution is 2.19. The number of nitro groups is 1. The van der Waals surface area contributed by atoms with Gasteiger partial charge >= 0.3 is 11.7 Å². The maximum absolute atomic E-state index is 13.9. The van der Waals surface area contributed by atoms with Crippen LogP contribution in [0.5, 0.6) is 0 Å². The van der Waals surface area contributed by atoms with E-state index in [1.54, 1.807) is 6.07 Å². The number of hydrogen-bond acceptors (Lipinski definition) is 5. The number of nitrogens with zero attached hydrogens (tertiary/aromatic N) is 1. The maximum atomic E-state index is 13.9. The summed E-state index contributed by atoms with van der Waals surface area (Å²) >= 11 is 0. The van der Waals surface area contributed by atoms with Crippen LogP contribution in [0.4, 0.5) is 14.5 Å². The number of carboxylic acids is 1. The van der Waals surface area contributed by atoms with E-state index in [-0.39, 0.29) is 24.0 Å². The SMILES string of the molecule is CC(=O)N[C@@H](Cc1ccccc1F)C(=O)N[C@@H](Cc1ccc(F)c([N+](=O)[O-])c1)C(=O)O. The summed E-state index contributed by atoms with van der Waals surface area (Å²) in [5.41, 5.74) is -0.591. The molecule has 0 spiro atoms. The molecule has 0 aromatic heterocycles. The Bertz CT molecular complexity index is 1010. The Balaban J connectivity index is 2.21. The first-order valence-corrected chi connectivity index (χ1v) is 9.05. The minimum absolute atomic E-state index is 0.103. The van der Waals surface area contributed by atoms with Crippen molar-refractivity contribution >= 4 is 23.5 Å². The molecule has 0 bridgehead atoms. The molecule has 2 aromatic carbocycles. The first-order chi connectivity index (χ1) is 14.6. The second kappa shape index (κ2) is 10.2. The van der Waals surface area contributed by atoms with Crippen LogP contribution in [0.15, 0.2) is 42.5 Å². The quantitative estimate of drug-likeness (QED) is 0.405. The lowest BCUT2D eigenvalue weighted by Crippen LogP contribution is -2.52. The van der Waals surface area contributed by atoms with Gasteiger partial charge in [0.15, 0.2) is 0 Å². The van der Waals surface area contributed by atoms with Crippen LogP contribution < -0.4 is 10.6 Å². The van der Waals surface area contributed by atoms with Gasteiger partial charge in [0.05, 0.1) is 4.92 Å². The molecular formula is C20H19F2N3O6. The van der Waals surface area contributed by atoms with Crippen LogP contribution in [0.2, 0.25) is 0 Å². The standard InChI is InChI=1S/C20H19F2N3O6/c1-11(26)23-16(10-13-4-2-3-5-14(13)21)19(27)24-17(20(28)29)8-12-6-7-15(22)18(9-12)25(30)31/h2-7,9,16-17H,8,10H2,1H3,(H,23,26)(H,24,27)(H,28,29)/t16-,17-/m0/s1. The minimum Gasteiger partial charge on any atom is -0.480 e. The van der Waals surface area contributed by atoms with Gasteiger partial charge in [0.2, 0.25) is 17.6 Å². The van der Waals surface area contributed by atoms with Crippen LogP contribution in [0.1, 0.15) is 18.1 Å². The third kappa shape index (κ3) is 6.56. The van der Waals surface area contributed by atoms with Crippen molar-refractivity contribution < 1.29 is 33.2 Å². The molecule has 0 aliphatic rings. The van der Waals surface area contributed by atoms with E-state index in [4.69, 9.17) is 0 Å². The zero-order chi connectivity index (χ0) is 23.1. The highest BCUT2D eigenvalue weighted by atomic mass is 19.1. The van der Waals surface area contributed by atoms with E-state index in [9.17, 15) is 38.4 Å². The van der Waals surface area contributed by atoms with Crippen molar-refractivity contribution in [2.75, 3.05) is 0 Å². The monoisotopic (exact) mass is 435 g/mol. The van der Waals surface area contributed by atoms with Gasteiger partial charge in [-0.15, -0.1) is 0 Å². The Kier molecular flexibility index (Phi) is 7.72. The topological polar surface area (TPSA) is 139 Å². The third-order valence-electron chi connectivity index (χ3n) is 4.34. The summed E-state index contributed by atoms with van der Waals surface area (Å²) in [4.78, 5) is 45.7. The fourth-order valence-corrected chi connectivity index (χ4v) is 2.87. The zero-order valence-corrected chi connectivity index (χ0v) is 16.3. The molecule has 0 aliphatic heterocycles. The fraction of sp³-hybridized carbons (Fsp3) is 0.250. The van der Waals surface area contributed by atoms with Gasteiger partial charge in [0.1, 0.15) is 17.9 Å². The molecule has 2 atom stereocenters. The molecular weight excluding hydrogens is 416 g/mol. The van der Waals surface area contributed by atoms with Gasteiger partial charge in [-0.3, -0.25) is 19.7 Å². The number of carboxylic acid groups (broad SMARTS) is 1. The molecule has 0 saturated carbocycles. The zero-order valence-electron chi connectivity index (χ0n) is 16.3. The van der Waals surface area contributed by atoms with Gasteiger partial charge in [0, 0.05) is 25.8 Å². The number of benzene rings is 2. The maximum Gasteiger partial charge on any atom is 0.326 e. The van der Waals surface area contributed by atoms with Crippen molar-refractivity contribution in [1.82, 2.24) is 10.6 Å². The summed E-state index contributed by atoms with van der Waals surface area (Å²) in [6, 6.07) is 5.66. The fourth-order valence-electron chi connectivity index (χ4n) is 2.87. The number of halogens is 2. The number of amides is 2.